The molecular weight excluding hydrogens is 275 g/mol. The van der Waals surface area contributed by atoms with Gasteiger partial charge in [0.2, 0.25) is 5.91 Å². The van der Waals surface area contributed by atoms with Gasteiger partial charge in [0.1, 0.15) is 0 Å². The Morgan fingerprint density at radius 3 is 2.47 bits per heavy atom. The minimum Gasteiger partial charge on any atom is -0.326 e. The zero-order valence-corrected chi connectivity index (χ0v) is 9.24. The summed E-state index contributed by atoms with van der Waals surface area (Å²) in [5, 5.41) is 2.13. The second-order valence-corrected chi connectivity index (χ2v) is 3.70. The maximum Gasteiger partial charge on any atom is 0.419 e. The first-order chi connectivity index (χ1) is 6.82. The van der Waals surface area contributed by atoms with Gasteiger partial charge in [-0.25, -0.2) is 0 Å². The fourth-order valence-electron chi connectivity index (χ4n) is 1.11. The van der Waals surface area contributed by atoms with Gasteiger partial charge in [-0.1, -0.05) is 22.0 Å². The van der Waals surface area contributed by atoms with E-state index >= 15 is 0 Å². The van der Waals surface area contributed by atoms with Gasteiger partial charge < -0.3 is 5.32 Å². The van der Waals surface area contributed by atoms with Gasteiger partial charge in [-0.3, -0.25) is 4.79 Å². The Morgan fingerprint density at radius 1 is 1.40 bits per heavy atom. The average molecular weight is 282 g/mol. The van der Waals surface area contributed by atoms with Crippen LogP contribution in [0.4, 0.5) is 18.9 Å². The lowest BCUT2D eigenvalue weighted by Gasteiger charge is -2.14. The predicted molar refractivity (Wildman–Crippen MR) is 53.4 cm³/mol. The van der Waals surface area contributed by atoms with Crippen LogP contribution in [0.2, 0.25) is 0 Å². The van der Waals surface area contributed by atoms with Crippen molar-refractivity contribution in [1.82, 2.24) is 0 Å². The number of halogens is 4. The van der Waals surface area contributed by atoms with E-state index in [4.69, 9.17) is 0 Å². The fraction of sp³-hybridized carbons (Fsp3) is 0.222. The highest BCUT2D eigenvalue weighted by molar-refractivity contribution is 9.10. The summed E-state index contributed by atoms with van der Waals surface area (Å²) in [5.74, 6) is -0.543. The number of hydrogen-bond acceptors (Lipinski definition) is 1. The topological polar surface area (TPSA) is 29.1 Å². The Kier molecular flexibility index (Phi) is 3.38. The lowest BCUT2D eigenvalue weighted by molar-refractivity contribution is -0.137. The number of benzene rings is 1. The number of anilines is 1. The smallest absolute Gasteiger partial charge is 0.326 e. The second-order valence-electron chi connectivity index (χ2n) is 2.84. The van der Waals surface area contributed by atoms with Crippen molar-refractivity contribution >= 4 is 27.5 Å². The summed E-state index contributed by atoms with van der Waals surface area (Å²) in [5.41, 5.74) is -1.12. The van der Waals surface area contributed by atoms with E-state index in [2.05, 4.69) is 21.2 Å². The normalized spacial score (nSPS) is 11.3. The second kappa shape index (κ2) is 4.22. The van der Waals surface area contributed by atoms with E-state index in [1.165, 1.54) is 18.2 Å². The monoisotopic (exact) mass is 281 g/mol. The van der Waals surface area contributed by atoms with Crippen LogP contribution in [0, 0.1) is 0 Å². The van der Waals surface area contributed by atoms with Crippen LogP contribution in [0.25, 0.3) is 0 Å². The van der Waals surface area contributed by atoms with Gasteiger partial charge in [-0.05, 0) is 12.1 Å². The molecule has 0 aliphatic heterocycles. The Balaban J connectivity index is 3.27. The molecule has 0 bridgehead atoms. The van der Waals surface area contributed by atoms with Crippen molar-refractivity contribution in [1.29, 1.82) is 0 Å². The van der Waals surface area contributed by atoms with Crippen LogP contribution in [-0.4, -0.2) is 5.91 Å². The minimum atomic E-state index is -4.50. The summed E-state index contributed by atoms with van der Waals surface area (Å²) >= 11 is 2.80. The molecule has 1 amide bonds. The fourth-order valence-corrected chi connectivity index (χ4v) is 1.70. The van der Waals surface area contributed by atoms with Crippen molar-refractivity contribution in [2.45, 2.75) is 13.1 Å². The number of rotatable bonds is 1. The molecule has 0 atom stereocenters. The van der Waals surface area contributed by atoms with Crippen molar-refractivity contribution in [3.8, 4) is 0 Å². The van der Waals surface area contributed by atoms with Gasteiger partial charge in [0.05, 0.1) is 11.3 Å². The molecule has 2 nitrogen and oxygen atoms in total. The van der Waals surface area contributed by atoms with E-state index in [-0.39, 0.29) is 10.2 Å². The first-order valence-corrected chi connectivity index (χ1v) is 4.75. The highest BCUT2D eigenvalue weighted by Gasteiger charge is 2.35. The summed E-state index contributed by atoms with van der Waals surface area (Å²) in [6, 6.07) is 3.90. The minimum absolute atomic E-state index is 0.0961. The predicted octanol–water partition coefficient (Wildman–Crippen LogP) is 3.43. The van der Waals surface area contributed by atoms with Gasteiger partial charge >= 0.3 is 6.18 Å². The van der Waals surface area contributed by atoms with Gasteiger partial charge in [0, 0.05) is 11.4 Å². The lowest BCUT2D eigenvalue weighted by Crippen LogP contribution is -2.14. The third-order valence-electron chi connectivity index (χ3n) is 1.61. The Morgan fingerprint density at radius 2 is 2.00 bits per heavy atom. The van der Waals surface area contributed by atoms with Crippen molar-refractivity contribution in [3.05, 3.63) is 28.2 Å². The van der Waals surface area contributed by atoms with Crippen molar-refractivity contribution in [3.63, 3.8) is 0 Å². The van der Waals surface area contributed by atoms with E-state index in [0.717, 1.165) is 6.92 Å². The number of carbonyl (C=O) groups is 1. The summed E-state index contributed by atoms with van der Waals surface area (Å²) in [7, 11) is 0. The van der Waals surface area contributed by atoms with Crippen LogP contribution in [-0.2, 0) is 11.0 Å². The van der Waals surface area contributed by atoms with Crippen molar-refractivity contribution in [2.24, 2.45) is 0 Å². The molecule has 0 saturated carbocycles. The zero-order chi connectivity index (χ0) is 11.6. The number of carbonyl (C=O) groups excluding carboxylic acids is 1. The maximum absolute atomic E-state index is 12.6. The first kappa shape index (κ1) is 12.0. The number of amides is 1. The molecule has 82 valence electrons. The lowest BCUT2D eigenvalue weighted by atomic mass is 10.1. The largest absolute Gasteiger partial charge is 0.419 e. The van der Waals surface area contributed by atoms with Crippen LogP contribution in [0.3, 0.4) is 0 Å². The molecule has 1 aromatic rings. The van der Waals surface area contributed by atoms with E-state index in [1.807, 2.05) is 0 Å². The first-order valence-electron chi connectivity index (χ1n) is 3.95. The standard InChI is InChI=1S/C9H7BrF3NO/c1-5(15)14-7-4-2-3-6(10)8(7)9(11,12)13/h2-4H,1H3,(H,14,15). The zero-order valence-electron chi connectivity index (χ0n) is 7.65. The Labute approximate surface area is 92.6 Å². The van der Waals surface area contributed by atoms with Crippen LogP contribution < -0.4 is 5.32 Å². The molecular formula is C9H7BrF3NO. The van der Waals surface area contributed by atoms with Gasteiger partial charge in [-0.2, -0.15) is 13.2 Å². The van der Waals surface area contributed by atoms with Crippen LogP contribution in [0.1, 0.15) is 12.5 Å². The van der Waals surface area contributed by atoms with Gasteiger partial charge in [0.15, 0.2) is 0 Å². The molecule has 1 N–H and O–H groups in total. The molecule has 0 aliphatic rings. The highest BCUT2D eigenvalue weighted by Crippen LogP contribution is 2.39. The SMILES string of the molecule is CC(=O)Nc1cccc(Br)c1C(F)(F)F. The third-order valence-corrected chi connectivity index (χ3v) is 2.27. The van der Waals surface area contributed by atoms with Gasteiger partial charge in [-0.15, -0.1) is 0 Å². The number of alkyl halides is 3. The molecule has 6 heteroatoms. The molecule has 0 spiro atoms. The summed E-state index contributed by atoms with van der Waals surface area (Å²) in [6.45, 7) is 1.15. The molecule has 0 aromatic heterocycles. The molecule has 1 aromatic carbocycles. The average Bonchev–Trinajstić information content (AvgIpc) is 1.99. The van der Waals surface area contributed by atoms with E-state index < -0.39 is 17.6 Å². The molecule has 0 aliphatic carbocycles. The van der Waals surface area contributed by atoms with E-state index in [0.29, 0.717) is 0 Å². The van der Waals surface area contributed by atoms with Crippen LogP contribution in [0.15, 0.2) is 22.7 Å². The number of nitrogens with one attached hydrogen (secondary N) is 1. The van der Waals surface area contributed by atoms with E-state index in [9.17, 15) is 18.0 Å². The van der Waals surface area contributed by atoms with Crippen molar-refractivity contribution < 1.29 is 18.0 Å². The molecule has 15 heavy (non-hydrogen) atoms. The molecule has 0 unspecified atom stereocenters. The third kappa shape index (κ3) is 2.95. The molecule has 0 heterocycles. The van der Waals surface area contributed by atoms with E-state index in [1.54, 1.807) is 0 Å². The summed E-state index contributed by atoms with van der Waals surface area (Å²) < 4.78 is 37.6. The van der Waals surface area contributed by atoms with Crippen LogP contribution >= 0.6 is 15.9 Å². The van der Waals surface area contributed by atoms with Crippen LogP contribution in [0.5, 0.6) is 0 Å². The Hall–Kier alpha value is -1.04. The molecule has 1 rings (SSSR count). The maximum atomic E-state index is 12.6. The van der Waals surface area contributed by atoms with Gasteiger partial charge in [0.25, 0.3) is 0 Å². The molecule has 0 radical (unpaired) electrons. The quantitative estimate of drug-likeness (QED) is 0.840. The number of hydrogen-bond donors (Lipinski definition) is 1. The summed E-state index contributed by atoms with van der Waals surface area (Å²) in [6.07, 6.45) is -4.50. The molecule has 0 saturated heterocycles. The molecule has 0 fully saturated rings. The highest BCUT2D eigenvalue weighted by atomic mass is 79.9. The van der Waals surface area contributed by atoms with Crippen molar-refractivity contribution in [2.75, 3.05) is 5.32 Å². The Bertz CT molecular complexity index is 389. The summed E-state index contributed by atoms with van der Waals surface area (Å²) in [4.78, 5) is 10.7.